The van der Waals surface area contributed by atoms with Gasteiger partial charge >= 0.3 is 11.8 Å². The molecule has 5 heteroatoms. The Bertz CT molecular complexity index is 503. The van der Waals surface area contributed by atoms with E-state index in [9.17, 15) is 9.59 Å². The van der Waals surface area contributed by atoms with E-state index in [-0.39, 0.29) is 0 Å². The topological polar surface area (TPSA) is 52.7 Å². The average molecular weight is 303 g/mol. The van der Waals surface area contributed by atoms with Crippen LogP contribution in [0.15, 0.2) is 24.3 Å². The van der Waals surface area contributed by atoms with Gasteiger partial charge in [-0.3, -0.25) is 9.59 Å². The Morgan fingerprint density at radius 3 is 2.23 bits per heavy atom. The van der Waals surface area contributed by atoms with Crippen molar-refractivity contribution in [3.63, 3.8) is 0 Å². The summed E-state index contributed by atoms with van der Waals surface area (Å²) >= 11 is 0. The van der Waals surface area contributed by atoms with E-state index in [0.717, 1.165) is 31.5 Å². The molecule has 1 heterocycles. The molecule has 0 spiro atoms. The number of hydrogen-bond donors (Lipinski definition) is 1. The highest BCUT2D eigenvalue weighted by Gasteiger charge is 2.23. The minimum Gasteiger partial charge on any atom is -0.372 e. The van der Waals surface area contributed by atoms with E-state index in [0.29, 0.717) is 19.6 Å². The summed E-state index contributed by atoms with van der Waals surface area (Å²) in [6.07, 6.45) is 1.98. The van der Waals surface area contributed by atoms with Crippen LogP contribution in [0.25, 0.3) is 0 Å². The lowest BCUT2D eigenvalue weighted by atomic mass is 10.2. The van der Waals surface area contributed by atoms with Gasteiger partial charge in [-0.2, -0.15) is 0 Å². The fourth-order valence-corrected chi connectivity index (χ4v) is 2.74. The zero-order valence-electron chi connectivity index (χ0n) is 13.5. The van der Waals surface area contributed by atoms with Crippen LogP contribution in [0.3, 0.4) is 0 Å². The van der Waals surface area contributed by atoms with Gasteiger partial charge in [0.1, 0.15) is 0 Å². The summed E-state index contributed by atoms with van der Waals surface area (Å²) in [5.41, 5.74) is 2.17. The molecule has 120 valence electrons. The highest BCUT2D eigenvalue weighted by atomic mass is 16.2. The Balaban J connectivity index is 1.86. The van der Waals surface area contributed by atoms with Crippen LogP contribution in [0.5, 0.6) is 0 Å². The van der Waals surface area contributed by atoms with E-state index in [1.165, 1.54) is 5.69 Å². The van der Waals surface area contributed by atoms with Crippen molar-refractivity contribution in [2.45, 2.75) is 33.2 Å². The molecule has 1 aliphatic heterocycles. The van der Waals surface area contributed by atoms with Crippen LogP contribution < -0.4 is 10.2 Å². The molecule has 1 aliphatic rings. The number of anilines is 1. The number of carbonyl (C=O) groups excluding carboxylic acids is 2. The maximum absolute atomic E-state index is 11.9. The Morgan fingerprint density at radius 2 is 1.68 bits per heavy atom. The number of amides is 2. The van der Waals surface area contributed by atoms with E-state index in [2.05, 4.69) is 36.2 Å². The number of hydrogen-bond acceptors (Lipinski definition) is 3. The van der Waals surface area contributed by atoms with E-state index in [1.807, 2.05) is 12.1 Å². The predicted octanol–water partition coefficient (Wildman–Crippen LogP) is 1.77. The van der Waals surface area contributed by atoms with Gasteiger partial charge in [0, 0.05) is 38.4 Å². The zero-order valence-corrected chi connectivity index (χ0v) is 13.5. The van der Waals surface area contributed by atoms with Crippen LogP contribution in [-0.4, -0.2) is 42.9 Å². The Kier molecular flexibility index (Phi) is 5.81. The minimum atomic E-state index is -0.505. The fraction of sp³-hybridized carbons (Fsp3) is 0.529. The van der Waals surface area contributed by atoms with Crippen LogP contribution in [0.1, 0.15) is 32.3 Å². The van der Waals surface area contributed by atoms with Crippen molar-refractivity contribution in [1.82, 2.24) is 10.2 Å². The third-order valence-corrected chi connectivity index (χ3v) is 4.11. The molecule has 1 aromatic carbocycles. The largest absolute Gasteiger partial charge is 0.372 e. The highest BCUT2D eigenvalue weighted by molar-refractivity contribution is 6.35. The second-order valence-corrected chi connectivity index (χ2v) is 5.52. The first kappa shape index (κ1) is 16.3. The first-order valence-electron chi connectivity index (χ1n) is 8.06. The molecule has 0 aliphatic carbocycles. The molecule has 0 aromatic heterocycles. The quantitative estimate of drug-likeness (QED) is 0.844. The van der Waals surface area contributed by atoms with Crippen molar-refractivity contribution in [3.8, 4) is 0 Å². The second kappa shape index (κ2) is 7.82. The van der Waals surface area contributed by atoms with Crippen molar-refractivity contribution >= 4 is 17.5 Å². The standard InChI is InChI=1S/C17H25N3O2/c1-3-19(4-2)15-9-7-14(8-10-15)13-18-16(21)17(22)20-11-5-6-12-20/h7-10H,3-6,11-13H2,1-2H3,(H,18,21). The molecule has 0 unspecified atom stereocenters. The Hall–Kier alpha value is -2.04. The Morgan fingerprint density at radius 1 is 1.09 bits per heavy atom. The molecule has 2 rings (SSSR count). The van der Waals surface area contributed by atoms with Crippen molar-refractivity contribution in [1.29, 1.82) is 0 Å². The average Bonchev–Trinajstić information content (AvgIpc) is 3.08. The number of rotatable bonds is 5. The molecular weight excluding hydrogens is 278 g/mol. The van der Waals surface area contributed by atoms with E-state index < -0.39 is 11.8 Å². The summed E-state index contributed by atoms with van der Waals surface area (Å²) in [4.78, 5) is 27.6. The fourth-order valence-electron chi connectivity index (χ4n) is 2.74. The van der Waals surface area contributed by atoms with Gasteiger partial charge in [0.15, 0.2) is 0 Å². The molecule has 0 saturated carbocycles. The summed E-state index contributed by atoms with van der Waals surface area (Å²) in [5, 5.41) is 2.71. The molecule has 2 amide bonds. The summed E-state index contributed by atoms with van der Waals surface area (Å²) < 4.78 is 0. The zero-order chi connectivity index (χ0) is 15.9. The summed E-state index contributed by atoms with van der Waals surface area (Å²) in [6.45, 7) is 7.98. The summed E-state index contributed by atoms with van der Waals surface area (Å²) in [7, 11) is 0. The molecule has 0 bridgehead atoms. The molecule has 0 atom stereocenters. The molecule has 1 saturated heterocycles. The maximum atomic E-state index is 11.9. The predicted molar refractivity (Wildman–Crippen MR) is 87.7 cm³/mol. The Labute approximate surface area is 132 Å². The van der Waals surface area contributed by atoms with Gasteiger partial charge in [-0.1, -0.05) is 12.1 Å². The number of benzene rings is 1. The highest BCUT2D eigenvalue weighted by Crippen LogP contribution is 2.15. The van der Waals surface area contributed by atoms with E-state index in [4.69, 9.17) is 0 Å². The van der Waals surface area contributed by atoms with Gasteiger partial charge in [-0.05, 0) is 44.4 Å². The lowest BCUT2D eigenvalue weighted by molar-refractivity contribution is -0.145. The van der Waals surface area contributed by atoms with Gasteiger partial charge in [0.25, 0.3) is 0 Å². The van der Waals surface area contributed by atoms with Crippen LogP contribution in [-0.2, 0) is 16.1 Å². The van der Waals surface area contributed by atoms with Gasteiger partial charge < -0.3 is 15.1 Å². The summed E-state index contributed by atoms with van der Waals surface area (Å²) in [5.74, 6) is -0.910. The van der Waals surface area contributed by atoms with Crippen molar-refractivity contribution in [2.24, 2.45) is 0 Å². The maximum Gasteiger partial charge on any atom is 0.311 e. The first-order chi connectivity index (χ1) is 10.7. The van der Waals surface area contributed by atoms with Crippen molar-refractivity contribution in [2.75, 3.05) is 31.1 Å². The molecule has 1 aromatic rings. The molecule has 0 radical (unpaired) electrons. The second-order valence-electron chi connectivity index (χ2n) is 5.52. The number of nitrogens with zero attached hydrogens (tertiary/aromatic N) is 2. The van der Waals surface area contributed by atoms with Crippen molar-refractivity contribution in [3.05, 3.63) is 29.8 Å². The van der Waals surface area contributed by atoms with Gasteiger partial charge in [0.2, 0.25) is 0 Å². The lowest BCUT2D eigenvalue weighted by Gasteiger charge is -2.21. The van der Waals surface area contributed by atoms with Gasteiger partial charge in [0.05, 0.1) is 0 Å². The number of likely N-dealkylation sites (tertiary alicyclic amines) is 1. The van der Waals surface area contributed by atoms with E-state index in [1.54, 1.807) is 4.90 Å². The smallest absolute Gasteiger partial charge is 0.311 e. The first-order valence-corrected chi connectivity index (χ1v) is 8.06. The minimum absolute atomic E-state index is 0.386. The molecule has 5 nitrogen and oxygen atoms in total. The molecular formula is C17H25N3O2. The van der Waals surface area contributed by atoms with E-state index >= 15 is 0 Å². The van der Waals surface area contributed by atoms with Crippen LogP contribution in [0, 0.1) is 0 Å². The van der Waals surface area contributed by atoms with Crippen LogP contribution in [0.4, 0.5) is 5.69 Å². The SMILES string of the molecule is CCN(CC)c1ccc(CNC(=O)C(=O)N2CCCC2)cc1. The van der Waals surface area contributed by atoms with Crippen LogP contribution in [0.2, 0.25) is 0 Å². The molecule has 22 heavy (non-hydrogen) atoms. The number of nitrogens with one attached hydrogen (secondary N) is 1. The normalized spacial score (nSPS) is 14.0. The third-order valence-electron chi connectivity index (χ3n) is 4.11. The molecule has 1 fully saturated rings. The monoisotopic (exact) mass is 303 g/mol. The van der Waals surface area contributed by atoms with Crippen molar-refractivity contribution < 1.29 is 9.59 Å². The third kappa shape index (κ3) is 4.00. The number of carbonyl (C=O) groups is 2. The van der Waals surface area contributed by atoms with Gasteiger partial charge in [-0.15, -0.1) is 0 Å². The summed E-state index contributed by atoms with van der Waals surface area (Å²) in [6, 6.07) is 8.09. The van der Waals surface area contributed by atoms with Crippen LogP contribution >= 0.6 is 0 Å². The van der Waals surface area contributed by atoms with Gasteiger partial charge in [-0.25, -0.2) is 0 Å². The molecule has 1 N–H and O–H groups in total. The lowest BCUT2D eigenvalue weighted by Crippen LogP contribution is -2.41.